The molecule has 2 aromatic heterocycles. The third-order valence-electron chi connectivity index (χ3n) is 4.07. The lowest BCUT2D eigenvalue weighted by Gasteiger charge is -2.14. The van der Waals surface area contributed by atoms with Crippen LogP contribution in [0.2, 0.25) is 0 Å². The van der Waals surface area contributed by atoms with E-state index in [0.29, 0.717) is 23.8 Å². The Kier molecular flexibility index (Phi) is 5.00. The lowest BCUT2D eigenvalue weighted by atomic mass is 10.3. The van der Waals surface area contributed by atoms with Gasteiger partial charge in [0.25, 0.3) is 5.91 Å². The van der Waals surface area contributed by atoms with Crippen LogP contribution in [0.25, 0.3) is 9.88 Å². The minimum Gasteiger partial charge on any atom is -0.481 e. The van der Waals surface area contributed by atoms with E-state index in [1.54, 1.807) is 47.8 Å². The van der Waals surface area contributed by atoms with E-state index >= 15 is 0 Å². The summed E-state index contributed by atoms with van der Waals surface area (Å²) < 4.78 is 16.3. The van der Waals surface area contributed by atoms with Crippen LogP contribution in [0.15, 0.2) is 35.7 Å². The van der Waals surface area contributed by atoms with Gasteiger partial charge in [0.1, 0.15) is 10.8 Å². The zero-order valence-corrected chi connectivity index (χ0v) is 16.5. The van der Waals surface area contributed by atoms with Gasteiger partial charge < -0.3 is 19.5 Å². The molecule has 6 nitrogen and oxygen atoms in total. The van der Waals surface area contributed by atoms with E-state index in [0.717, 1.165) is 20.5 Å². The van der Waals surface area contributed by atoms with Crippen molar-refractivity contribution in [3.8, 4) is 27.1 Å². The van der Waals surface area contributed by atoms with Crippen molar-refractivity contribution in [1.82, 2.24) is 10.3 Å². The van der Waals surface area contributed by atoms with E-state index in [-0.39, 0.29) is 12.7 Å². The molecular formula is C19H18N2O4S2. The Morgan fingerprint density at radius 3 is 3.00 bits per heavy atom. The molecule has 1 N–H and O–H groups in total. The summed E-state index contributed by atoms with van der Waals surface area (Å²) in [5.74, 6) is 1.69. The highest BCUT2D eigenvalue weighted by Gasteiger charge is 2.19. The first-order valence-electron chi connectivity index (χ1n) is 8.44. The van der Waals surface area contributed by atoms with Crippen molar-refractivity contribution in [2.24, 2.45) is 0 Å². The van der Waals surface area contributed by atoms with Crippen LogP contribution < -0.4 is 19.5 Å². The molecule has 0 radical (unpaired) electrons. The number of amides is 1. The predicted octanol–water partition coefficient (Wildman–Crippen LogP) is 3.99. The number of hydrogen-bond acceptors (Lipinski definition) is 7. The molecule has 0 saturated carbocycles. The summed E-state index contributed by atoms with van der Waals surface area (Å²) in [5.41, 5.74) is 0.938. The van der Waals surface area contributed by atoms with Gasteiger partial charge in [0, 0.05) is 10.9 Å². The molecule has 1 amide bonds. The molecular weight excluding hydrogens is 384 g/mol. The molecule has 3 aromatic rings. The number of thiazole rings is 1. The molecule has 0 fully saturated rings. The van der Waals surface area contributed by atoms with Crippen molar-refractivity contribution in [2.75, 3.05) is 6.79 Å². The normalized spacial score (nSPS) is 13.4. The molecule has 27 heavy (non-hydrogen) atoms. The third-order valence-corrected chi connectivity index (χ3v) is 6.27. The zero-order chi connectivity index (χ0) is 18.8. The van der Waals surface area contributed by atoms with E-state index in [2.05, 4.69) is 10.3 Å². The number of nitrogens with zero attached hydrogens (tertiary/aromatic N) is 1. The number of aromatic nitrogens is 1. The summed E-state index contributed by atoms with van der Waals surface area (Å²) in [6, 6.07) is 9.32. The number of carbonyl (C=O) groups is 1. The largest absolute Gasteiger partial charge is 0.481 e. The maximum absolute atomic E-state index is 12.4. The zero-order valence-electron chi connectivity index (χ0n) is 14.9. The molecule has 1 aromatic carbocycles. The van der Waals surface area contributed by atoms with Crippen LogP contribution in [0.4, 0.5) is 0 Å². The molecule has 8 heteroatoms. The minimum atomic E-state index is -0.629. The second-order valence-corrected chi connectivity index (χ2v) is 8.03. The van der Waals surface area contributed by atoms with Crippen LogP contribution in [-0.4, -0.2) is 23.8 Å². The summed E-state index contributed by atoms with van der Waals surface area (Å²) in [6.45, 7) is 4.32. The van der Waals surface area contributed by atoms with Gasteiger partial charge in [-0.3, -0.25) is 4.79 Å². The number of aryl methyl sites for hydroxylation is 1. The van der Waals surface area contributed by atoms with Gasteiger partial charge >= 0.3 is 0 Å². The molecule has 1 atom stereocenters. The van der Waals surface area contributed by atoms with Crippen LogP contribution in [0, 0.1) is 6.92 Å². The smallest absolute Gasteiger partial charge is 0.261 e. The number of fused-ring (bicyclic) bond motifs is 1. The van der Waals surface area contributed by atoms with Crippen molar-refractivity contribution in [3.05, 3.63) is 46.3 Å². The van der Waals surface area contributed by atoms with Gasteiger partial charge in [-0.05, 0) is 37.4 Å². The van der Waals surface area contributed by atoms with Gasteiger partial charge in [0.15, 0.2) is 17.6 Å². The van der Waals surface area contributed by atoms with Crippen molar-refractivity contribution in [2.45, 2.75) is 26.5 Å². The SMILES string of the molecule is Cc1nc(-c2cccs2)sc1CNC(=O)C(C)Oc1ccc2c(c1)OCO2. The number of rotatable bonds is 6. The van der Waals surface area contributed by atoms with Crippen molar-refractivity contribution < 1.29 is 19.0 Å². The van der Waals surface area contributed by atoms with Gasteiger partial charge in [-0.25, -0.2) is 4.98 Å². The first-order chi connectivity index (χ1) is 13.1. The first kappa shape index (κ1) is 17.8. The number of hydrogen-bond donors (Lipinski definition) is 1. The van der Waals surface area contributed by atoms with Crippen LogP contribution in [0.3, 0.4) is 0 Å². The molecule has 140 valence electrons. The fourth-order valence-electron chi connectivity index (χ4n) is 2.62. The summed E-state index contributed by atoms with van der Waals surface area (Å²) in [7, 11) is 0. The highest BCUT2D eigenvalue weighted by atomic mass is 32.1. The maximum Gasteiger partial charge on any atom is 0.261 e. The van der Waals surface area contributed by atoms with Gasteiger partial charge in [-0.2, -0.15) is 0 Å². The first-order valence-corrected chi connectivity index (χ1v) is 10.1. The summed E-state index contributed by atoms with van der Waals surface area (Å²) >= 11 is 3.26. The molecule has 1 aliphatic heterocycles. The fourth-order valence-corrected chi connectivity index (χ4v) is 4.42. The minimum absolute atomic E-state index is 0.182. The fraction of sp³-hybridized carbons (Fsp3) is 0.263. The van der Waals surface area contributed by atoms with E-state index in [1.807, 2.05) is 24.4 Å². The number of carbonyl (C=O) groups excluding carboxylic acids is 1. The Morgan fingerprint density at radius 2 is 2.19 bits per heavy atom. The quantitative estimate of drug-likeness (QED) is 0.675. The summed E-state index contributed by atoms with van der Waals surface area (Å²) in [6.07, 6.45) is -0.629. The standard InChI is InChI=1S/C19H18N2O4S2/c1-11-17(27-19(21-11)16-4-3-7-26-16)9-20-18(22)12(2)25-13-5-6-14-15(8-13)24-10-23-14/h3-8,12H,9-10H2,1-2H3,(H,20,22). The van der Waals surface area contributed by atoms with Gasteiger partial charge in [0.05, 0.1) is 17.1 Å². The highest BCUT2D eigenvalue weighted by Crippen LogP contribution is 2.35. The predicted molar refractivity (Wildman–Crippen MR) is 105 cm³/mol. The second kappa shape index (κ2) is 7.58. The lowest BCUT2D eigenvalue weighted by molar-refractivity contribution is -0.127. The van der Waals surface area contributed by atoms with Gasteiger partial charge in [-0.1, -0.05) is 6.07 Å². The molecule has 3 heterocycles. The Morgan fingerprint density at radius 1 is 1.33 bits per heavy atom. The van der Waals surface area contributed by atoms with Crippen molar-refractivity contribution >= 4 is 28.6 Å². The number of ether oxygens (including phenoxy) is 3. The maximum atomic E-state index is 12.4. The van der Waals surface area contributed by atoms with Crippen LogP contribution in [0.1, 0.15) is 17.5 Å². The number of benzene rings is 1. The Bertz CT molecular complexity index is 953. The molecule has 4 rings (SSSR count). The molecule has 0 spiro atoms. The Balaban J connectivity index is 1.35. The van der Waals surface area contributed by atoms with Crippen LogP contribution in [-0.2, 0) is 11.3 Å². The lowest BCUT2D eigenvalue weighted by Crippen LogP contribution is -2.35. The van der Waals surface area contributed by atoms with Crippen LogP contribution >= 0.6 is 22.7 Å². The Labute approximate surface area is 164 Å². The van der Waals surface area contributed by atoms with Gasteiger partial charge in [-0.15, -0.1) is 22.7 Å². The molecule has 1 unspecified atom stereocenters. The number of thiophene rings is 1. The molecule has 1 aliphatic rings. The molecule has 0 aliphatic carbocycles. The van der Waals surface area contributed by atoms with Gasteiger partial charge in [0.2, 0.25) is 6.79 Å². The highest BCUT2D eigenvalue weighted by molar-refractivity contribution is 7.21. The van der Waals surface area contributed by atoms with Crippen molar-refractivity contribution in [3.63, 3.8) is 0 Å². The molecule has 0 bridgehead atoms. The Hall–Kier alpha value is -2.58. The molecule has 0 saturated heterocycles. The third kappa shape index (κ3) is 3.91. The van der Waals surface area contributed by atoms with E-state index in [1.165, 1.54) is 0 Å². The van der Waals surface area contributed by atoms with E-state index in [4.69, 9.17) is 14.2 Å². The summed E-state index contributed by atoms with van der Waals surface area (Å²) in [4.78, 5) is 19.2. The monoisotopic (exact) mass is 402 g/mol. The van der Waals surface area contributed by atoms with E-state index in [9.17, 15) is 4.79 Å². The van der Waals surface area contributed by atoms with Crippen LogP contribution in [0.5, 0.6) is 17.2 Å². The topological polar surface area (TPSA) is 69.7 Å². The second-order valence-electron chi connectivity index (χ2n) is 6.00. The average Bonchev–Trinajstić information content (AvgIpc) is 3.40. The van der Waals surface area contributed by atoms with Crippen molar-refractivity contribution in [1.29, 1.82) is 0 Å². The average molecular weight is 402 g/mol. The van der Waals surface area contributed by atoms with E-state index < -0.39 is 6.10 Å². The summed E-state index contributed by atoms with van der Waals surface area (Å²) in [5, 5.41) is 5.94. The number of nitrogens with one attached hydrogen (secondary N) is 1.